The third-order valence-corrected chi connectivity index (χ3v) is 4.77. The van der Waals surface area contributed by atoms with Gasteiger partial charge < -0.3 is 19.3 Å². The van der Waals surface area contributed by atoms with Crippen molar-refractivity contribution in [3.8, 4) is 5.75 Å². The number of nitrogens with zero attached hydrogens (tertiary/aromatic N) is 3. The van der Waals surface area contributed by atoms with Crippen molar-refractivity contribution in [2.45, 2.75) is 32.0 Å². The van der Waals surface area contributed by atoms with Crippen LogP contribution in [0.15, 0.2) is 34.9 Å². The molecule has 4 rings (SSSR count). The Bertz CT molecular complexity index is 766. The minimum Gasteiger partial charge on any atom is -0.508 e. The van der Waals surface area contributed by atoms with Crippen molar-refractivity contribution in [2.24, 2.45) is 0 Å². The number of aromatic nitrogens is 1. The number of amides is 1. The molecule has 1 aromatic carbocycles. The summed E-state index contributed by atoms with van der Waals surface area (Å²) in [5.74, 6) is 0.788. The summed E-state index contributed by atoms with van der Waals surface area (Å²) in [5, 5.41) is 13.6. The summed E-state index contributed by atoms with van der Waals surface area (Å²) in [6.07, 6.45) is 2.01. The zero-order valence-electron chi connectivity index (χ0n) is 14.6. The van der Waals surface area contributed by atoms with Gasteiger partial charge in [0.25, 0.3) is 5.91 Å². The van der Waals surface area contributed by atoms with Gasteiger partial charge in [-0.1, -0.05) is 17.3 Å². The topological polar surface area (TPSA) is 79.0 Å². The molecule has 0 unspecified atom stereocenters. The summed E-state index contributed by atoms with van der Waals surface area (Å²) in [5.41, 5.74) is 1.25. The van der Waals surface area contributed by atoms with Crippen molar-refractivity contribution < 1.29 is 19.2 Å². The van der Waals surface area contributed by atoms with E-state index in [4.69, 9.17) is 9.26 Å². The number of hydrogen-bond acceptors (Lipinski definition) is 6. The molecule has 1 aliphatic heterocycles. The molecular formula is C19H23N3O4. The fraction of sp³-hybridized carbons (Fsp3) is 0.474. The first-order valence-corrected chi connectivity index (χ1v) is 9.03. The summed E-state index contributed by atoms with van der Waals surface area (Å²) in [6.45, 7) is 4.26. The number of aromatic hydroxyl groups is 1. The van der Waals surface area contributed by atoms with Crippen LogP contribution in [0.3, 0.4) is 0 Å². The first-order valence-electron chi connectivity index (χ1n) is 9.03. The Labute approximate surface area is 152 Å². The van der Waals surface area contributed by atoms with Crippen molar-refractivity contribution in [3.05, 3.63) is 47.3 Å². The van der Waals surface area contributed by atoms with Gasteiger partial charge in [0, 0.05) is 31.7 Å². The van der Waals surface area contributed by atoms with Gasteiger partial charge in [0.2, 0.25) is 0 Å². The van der Waals surface area contributed by atoms with Crippen molar-refractivity contribution in [1.29, 1.82) is 0 Å². The van der Waals surface area contributed by atoms with Gasteiger partial charge in [0.05, 0.1) is 19.8 Å². The van der Waals surface area contributed by atoms with Gasteiger partial charge in [-0.05, 0) is 30.5 Å². The van der Waals surface area contributed by atoms with Gasteiger partial charge in [-0.2, -0.15) is 0 Å². The van der Waals surface area contributed by atoms with Crippen LogP contribution < -0.4 is 0 Å². The molecule has 2 aromatic rings. The van der Waals surface area contributed by atoms with Crippen LogP contribution >= 0.6 is 0 Å². The van der Waals surface area contributed by atoms with Gasteiger partial charge in [0.15, 0.2) is 11.5 Å². The van der Waals surface area contributed by atoms with Crippen LogP contribution in [0.1, 0.15) is 34.7 Å². The summed E-state index contributed by atoms with van der Waals surface area (Å²) in [7, 11) is 0. The Hall–Kier alpha value is -2.38. The van der Waals surface area contributed by atoms with E-state index in [1.807, 2.05) is 11.0 Å². The van der Waals surface area contributed by atoms with E-state index < -0.39 is 0 Å². The SMILES string of the molecule is O=C(c1cc(CN2CCOCC2)on1)N(Cc1cccc(O)c1)C1CC1. The second-order valence-electron chi connectivity index (χ2n) is 6.90. The van der Waals surface area contributed by atoms with Gasteiger partial charge in [-0.3, -0.25) is 9.69 Å². The highest BCUT2D eigenvalue weighted by molar-refractivity contribution is 5.92. The normalized spacial score (nSPS) is 18.0. The van der Waals surface area contributed by atoms with E-state index in [9.17, 15) is 9.90 Å². The smallest absolute Gasteiger partial charge is 0.276 e. The number of carbonyl (C=O) groups is 1. The molecule has 1 amide bonds. The monoisotopic (exact) mass is 357 g/mol. The van der Waals surface area contributed by atoms with Crippen LogP contribution in [-0.4, -0.2) is 58.3 Å². The Morgan fingerprint density at radius 1 is 1.27 bits per heavy atom. The lowest BCUT2D eigenvalue weighted by molar-refractivity contribution is 0.0305. The van der Waals surface area contributed by atoms with Crippen LogP contribution in [0.25, 0.3) is 0 Å². The second kappa shape index (κ2) is 7.47. The lowest BCUT2D eigenvalue weighted by Gasteiger charge is -2.25. The third-order valence-electron chi connectivity index (χ3n) is 4.77. The fourth-order valence-corrected chi connectivity index (χ4v) is 3.22. The maximum atomic E-state index is 12.9. The highest BCUT2D eigenvalue weighted by atomic mass is 16.5. The average molecular weight is 357 g/mol. The van der Waals surface area contributed by atoms with Crippen molar-refractivity contribution >= 4 is 5.91 Å². The molecule has 0 bridgehead atoms. The summed E-state index contributed by atoms with van der Waals surface area (Å²) < 4.78 is 10.7. The Morgan fingerprint density at radius 2 is 2.08 bits per heavy atom. The number of ether oxygens (including phenoxy) is 1. The van der Waals surface area contributed by atoms with Crippen LogP contribution in [0.4, 0.5) is 0 Å². The van der Waals surface area contributed by atoms with Crippen LogP contribution in [0.5, 0.6) is 5.75 Å². The molecule has 7 nitrogen and oxygen atoms in total. The van der Waals surface area contributed by atoms with E-state index in [0.29, 0.717) is 24.5 Å². The Kier molecular flexibility index (Phi) is 4.90. The standard InChI is InChI=1S/C19H23N3O4/c23-16-3-1-2-14(10-16)12-22(15-4-5-15)19(24)18-11-17(26-20-18)13-21-6-8-25-9-7-21/h1-3,10-11,15,23H,4-9,12-13H2. The number of carbonyl (C=O) groups excluding carboxylic acids is 1. The number of rotatable bonds is 6. The summed E-state index contributed by atoms with van der Waals surface area (Å²) >= 11 is 0. The molecule has 0 atom stereocenters. The molecule has 1 saturated heterocycles. The predicted molar refractivity (Wildman–Crippen MR) is 93.6 cm³/mol. The Balaban J connectivity index is 1.44. The first-order chi connectivity index (χ1) is 12.7. The van der Waals surface area contributed by atoms with Crippen molar-refractivity contribution in [3.63, 3.8) is 0 Å². The average Bonchev–Trinajstić information content (AvgIpc) is 3.39. The van der Waals surface area contributed by atoms with Crippen LogP contribution in [0, 0.1) is 0 Å². The molecule has 2 heterocycles. The van der Waals surface area contributed by atoms with Crippen molar-refractivity contribution in [2.75, 3.05) is 26.3 Å². The minimum atomic E-state index is -0.118. The molecule has 2 fully saturated rings. The van der Waals surface area contributed by atoms with Crippen molar-refractivity contribution in [1.82, 2.24) is 15.0 Å². The largest absolute Gasteiger partial charge is 0.508 e. The molecule has 1 saturated carbocycles. The molecule has 138 valence electrons. The molecule has 2 aliphatic rings. The van der Waals surface area contributed by atoms with Crippen LogP contribution in [-0.2, 0) is 17.8 Å². The van der Waals surface area contributed by atoms with Gasteiger partial charge >= 0.3 is 0 Å². The van der Waals surface area contributed by atoms with E-state index in [-0.39, 0.29) is 17.7 Å². The lowest BCUT2D eigenvalue weighted by Crippen LogP contribution is -2.35. The van der Waals surface area contributed by atoms with E-state index in [2.05, 4.69) is 10.1 Å². The summed E-state index contributed by atoms with van der Waals surface area (Å²) in [6, 6.07) is 9.00. The molecule has 1 aliphatic carbocycles. The number of benzene rings is 1. The number of hydrogen-bond donors (Lipinski definition) is 1. The third kappa shape index (κ3) is 4.05. The second-order valence-corrected chi connectivity index (χ2v) is 6.90. The fourth-order valence-electron chi connectivity index (χ4n) is 3.22. The highest BCUT2D eigenvalue weighted by Gasteiger charge is 2.34. The van der Waals surface area contributed by atoms with E-state index in [1.165, 1.54) is 0 Å². The molecule has 0 spiro atoms. The van der Waals surface area contributed by atoms with Crippen LogP contribution in [0.2, 0.25) is 0 Å². The molecule has 1 aromatic heterocycles. The van der Waals surface area contributed by atoms with E-state index >= 15 is 0 Å². The van der Waals surface area contributed by atoms with E-state index in [0.717, 1.165) is 44.7 Å². The highest BCUT2D eigenvalue weighted by Crippen LogP contribution is 2.30. The summed E-state index contributed by atoms with van der Waals surface area (Å²) in [4.78, 5) is 17.0. The predicted octanol–water partition coefficient (Wildman–Crippen LogP) is 2.02. The zero-order valence-corrected chi connectivity index (χ0v) is 14.6. The molecule has 0 radical (unpaired) electrons. The minimum absolute atomic E-state index is 0.118. The maximum Gasteiger partial charge on any atom is 0.276 e. The quantitative estimate of drug-likeness (QED) is 0.852. The van der Waals surface area contributed by atoms with Gasteiger partial charge in [-0.25, -0.2) is 0 Å². The van der Waals surface area contributed by atoms with Gasteiger partial charge in [-0.15, -0.1) is 0 Å². The van der Waals surface area contributed by atoms with Gasteiger partial charge in [0.1, 0.15) is 5.75 Å². The lowest BCUT2D eigenvalue weighted by atomic mass is 10.2. The maximum absolute atomic E-state index is 12.9. The molecule has 1 N–H and O–H groups in total. The molecule has 26 heavy (non-hydrogen) atoms. The molecule has 7 heteroatoms. The Morgan fingerprint density at radius 3 is 2.81 bits per heavy atom. The number of phenols is 1. The molecular weight excluding hydrogens is 334 g/mol. The van der Waals surface area contributed by atoms with E-state index in [1.54, 1.807) is 24.3 Å². The number of phenolic OH excluding ortho intramolecular Hbond substituents is 1. The number of morpholine rings is 1. The first kappa shape index (κ1) is 17.1. The zero-order chi connectivity index (χ0) is 17.9.